The Labute approximate surface area is 758 Å². The summed E-state index contributed by atoms with van der Waals surface area (Å²) in [6.07, 6.45) is 0. The fourth-order valence-electron chi connectivity index (χ4n) is 22.1. The highest BCUT2D eigenvalue weighted by molar-refractivity contribution is 6.26. The van der Waals surface area contributed by atoms with Crippen molar-refractivity contribution in [2.45, 2.75) is 38.5 Å². The van der Waals surface area contributed by atoms with Gasteiger partial charge in [0.25, 0.3) is 0 Å². The summed E-state index contributed by atoms with van der Waals surface area (Å²) in [6, 6.07) is 174. The highest BCUT2D eigenvalue weighted by Crippen LogP contribution is 2.55. The van der Waals surface area contributed by atoms with Crippen LogP contribution in [0.2, 0.25) is 0 Å². The van der Waals surface area contributed by atoms with Crippen molar-refractivity contribution in [3.05, 3.63) is 495 Å². The second-order valence-corrected chi connectivity index (χ2v) is 36.3. The molecule has 130 heavy (non-hydrogen) atoms. The summed E-state index contributed by atoms with van der Waals surface area (Å²) in [6.45, 7) is 9.44. The van der Waals surface area contributed by atoms with Gasteiger partial charge in [-0.2, -0.15) is 0 Å². The molecule has 2 aliphatic rings. The van der Waals surface area contributed by atoms with Gasteiger partial charge in [-0.15, -0.1) is 0 Å². The largest absolute Gasteiger partial charge is 0.0622 e. The lowest BCUT2D eigenvalue weighted by atomic mass is 9.81. The van der Waals surface area contributed by atoms with Crippen molar-refractivity contribution in [2.75, 3.05) is 0 Å². The Morgan fingerprint density at radius 1 is 0.115 bits per heavy atom. The number of hydrogen-bond donors (Lipinski definition) is 0. The lowest BCUT2D eigenvalue weighted by molar-refractivity contribution is 0.660. The van der Waals surface area contributed by atoms with E-state index in [0.29, 0.717) is 0 Å². The van der Waals surface area contributed by atoms with Crippen LogP contribution in [0.25, 0.3) is 230 Å². The molecular weight excluding hydrogens is 1560 g/mol. The van der Waals surface area contributed by atoms with Crippen LogP contribution in [0.15, 0.2) is 473 Å². The van der Waals surface area contributed by atoms with E-state index in [4.69, 9.17) is 0 Å². The quantitative estimate of drug-likeness (QED) is 0.0998. The Balaban J connectivity index is 0.000000109. The van der Waals surface area contributed by atoms with E-state index in [1.165, 1.54) is 252 Å². The first kappa shape index (κ1) is 77.4. The molecule has 0 N–H and O–H groups in total. The maximum Gasteiger partial charge on any atom is 0.0159 e. The molecule has 24 aromatic rings. The minimum atomic E-state index is -0.0471. The average Bonchev–Trinajstić information content (AvgIpc) is 0.861. The minimum Gasteiger partial charge on any atom is -0.0622 e. The first-order valence-corrected chi connectivity index (χ1v) is 45.6. The second kappa shape index (κ2) is 31.5. The van der Waals surface area contributed by atoms with E-state index >= 15 is 0 Å². The monoisotopic (exact) mass is 1650 g/mol. The molecule has 0 nitrogen and oxygen atoms in total. The van der Waals surface area contributed by atoms with Gasteiger partial charge in [0.15, 0.2) is 0 Å². The third-order valence-corrected chi connectivity index (χ3v) is 28.3. The van der Waals surface area contributed by atoms with Gasteiger partial charge in [0.05, 0.1) is 0 Å². The number of hydrogen-bond acceptors (Lipinski definition) is 0. The lowest BCUT2D eigenvalue weighted by Crippen LogP contribution is -2.14. The highest BCUT2D eigenvalue weighted by Gasteiger charge is 2.37. The zero-order valence-electron chi connectivity index (χ0n) is 73.0. The molecule has 0 saturated carbocycles. The Morgan fingerprint density at radius 2 is 0.369 bits per heavy atom. The predicted molar refractivity (Wildman–Crippen MR) is 558 cm³/mol. The lowest BCUT2D eigenvalue weighted by Gasteiger charge is -2.22. The molecule has 0 spiro atoms. The zero-order chi connectivity index (χ0) is 86.7. The van der Waals surface area contributed by atoms with Crippen LogP contribution in [0.1, 0.15) is 49.9 Å². The van der Waals surface area contributed by atoms with Crippen LogP contribution >= 0.6 is 0 Å². The van der Waals surface area contributed by atoms with Crippen molar-refractivity contribution < 1.29 is 0 Å². The van der Waals surface area contributed by atoms with Crippen molar-refractivity contribution in [2.24, 2.45) is 0 Å². The predicted octanol–water partition coefficient (Wildman–Crippen LogP) is 36.2. The molecule has 610 valence electrons. The van der Waals surface area contributed by atoms with Gasteiger partial charge in [-0.1, -0.05) is 452 Å². The molecule has 0 heterocycles. The van der Waals surface area contributed by atoms with E-state index in [9.17, 15) is 0 Å². The van der Waals surface area contributed by atoms with E-state index in [0.717, 1.165) is 0 Å². The maximum absolute atomic E-state index is 2.45. The van der Waals surface area contributed by atoms with Crippen molar-refractivity contribution in [3.63, 3.8) is 0 Å². The van der Waals surface area contributed by atoms with Crippen molar-refractivity contribution in [3.8, 4) is 122 Å². The molecule has 26 rings (SSSR count). The van der Waals surface area contributed by atoms with Gasteiger partial charge >= 0.3 is 0 Å². The van der Waals surface area contributed by atoms with Crippen LogP contribution in [0.3, 0.4) is 0 Å². The normalized spacial score (nSPS) is 12.7. The highest BCUT2D eigenvalue weighted by atomic mass is 14.4. The summed E-state index contributed by atoms with van der Waals surface area (Å²) in [5.41, 5.74) is 33.7. The van der Waals surface area contributed by atoms with Gasteiger partial charge in [0.1, 0.15) is 0 Å². The van der Waals surface area contributed by atoms with E-state index in [1.54, 1.807) is 0 Å². The molecule has 0 unspecified atom stereocenters. The van der Waals surface area contributed by atoms with Gasteiger partial charge in [0, 0.05) is 10.8 Å². The van der Waals surface area contributed by atoms with E-state index < -0.39 is 0 Å². The van der Waals surface area contributed by atoms with Crippen LogP contribution in [0.4, 0.5) is 0 Å². The molecule has 0 radical (unpaired) electrons. The van der Waals surface area contributed by atoms with E-state index in [2.05, 4.69) is 501 Å². The van der Waals surface area contributed by atoms with Crippen molar-refractivity contribution >= 4 is 108 Å². The first-order chi connectivity index (χ1) is 64.0. The number of benzene rings is 24. The van der Waals surface area contributed by atoms with Crippen molar-refractivity contribution in [1.82, 2.24) is 0 Å². The molecule has 0 bridgehead atoms. The summed E-state index contributed by atoms with van der Waals surface area (Å²) in [4.78, 5) is 0. The Kier molecular flexibility index (Phi) is 18.7. The average molecular weight is 1650 g/mol. The van der Waals surface area contributed by atoms with Crippen LogP contribution < -0.4 is 0 Å². The fourth-order valence-corrected chi connectivity index (χ4v) is 22.1. The van der Waals surface area contributed by atoms with Crippen LogP contribution in [-0.4, -0.2) is 0 Å². The van der Waals surface area contributed by atoms with Gasteiger partial charge in [-0.25, -0.2) is 0 Å². The van der Waals surface area contributed by atoms with Crippen molar-refractivity contribution in [1.29, 1.82) is 0 Å². The van der Waals surface area contributed by atoms with Crippen LogP contribution in [0, 0.1) is 0 Å². The Morgan fingerprint density at radius 3 is 0.769 bits per heavy atom. The maximum atomic E-state index is 2.45. The zero-order valence-corrected chi connectivity index (χ0v) is 73.0. The van der Waals surface area contributed by atoms with Gasteiger partial charge in [-0.3, -0.25) is 0 Å². The van der Waals surface area contributed by atoms with E-state index in [-0.39, 0.29) is 10.8 Å². The third-order valence-electron chi connectivity index (χ3n) is 28.3. The molecule has 0 aliphatic heterocycles. The molecule has 0 amide bonds. The fraction of sp³-hybridized carbons (Fsp3) is 0.0462. The molecule has 0 atom stereocenters. The van der Waals surface area contributed by atoms with Gasteiger partial charge in [-0.05, 0) is 301 Å². The molecule has 2 aliphatic carbocycles. The summed E-state index contributed by atoms with van der Waals surface area (Å²) >= 11 is 0. The van der Waals surface area contributed by atoms with Crippen LogP contribution in [-0.2, 0) is 10.8 Å². The topological polar surface area (TPSA) is 0 Å². The molecule has 0 heteroatoms. The number of rotatable bonds is 9. The third kappa shape index (κ3) is 13.0. The molecule has 0 aromatic heterocycles. The summed E-state index contributed by atoms with van der Waals surface area (Å²) in [7, 11) is 0. The molecular formula is C130H90. The Hall–Kier alpha value is -16.1. The van der Waals surface area contributed by atoms with E-state index in [1.807, 2.05) is 0 Å². The smallest absolute Gasteiger partial charge is 0.0159 e. The first-order valence-electron chi connectivity index (χ1n) is 45.6. The number of fused-ring (bicyclic) bond motifs is 17. The Bertz CT molecular complexity index is 8690. The SMILES string of the molecule is CC1(C)c2ccccc2-c2ccc(-c3ccc4c(-c5ccc6ccccc6c5)c5ccccc5c(-c5ccc6ccccc6c5)c4c3)cc21.CC1(C)c2ccccc2-c2ccc(-c3ccc4c(-c5ccccc5)c5ccccc5c(-c5ccccc5)c4c3)cc21.c1ccc(-c2c3ccccc3c(-c3ccccc3)c3cc(-c4cc5ccccc5c5ccccc45)ccc23)cc1. The van der Waals surface area contributed by atoms with Crippen LogP contribution in [0.5, 0.6) is 0 Å². The molecule has 0 saturated heterocycles. The molecule has 24 aromatic carbocycles. The van der Waals surface area contributed by atoms with Gasteiger partial charge < -0.3 is 0 Å². The summed E-state index contributed by atoms with van der Waals surface area (Å²) in [5.74, 6) is 0. The molecule has 0 fully saturated rings. The minimum absolute atomic E-state index is 0.0231. The summed E-state index contributed by atoms with van der Waals surface area (Å²) in [5, 5.41) is 25.5. The van der Waals surface area contributed by atoms with Gasteiger partial charge in [0.2, 0.25) is 0 Å². The summed E-state index contributed by atoms with van der Waals surface area (Å²) < 4.78 is 0. The standard InChI is InChI=1S/C49H34.C41H30.C40H26/c1-49(2)45-18-10-9-15-39(45)40-25-23-36(30-46(40)49)35-24-26-43-44(29-35)48(38-22-20-32-12-4-6-14-34(32)28-38)42-17-8-7-16-41(42)47(43)37-21-19-31-11-3-5-13-33(31)27-37;1-41(2)37-20-12-11-17-31(37)32-23-21-30(26-38(32)41)29-22-24-35-36(25-29)40(28-15-7-4-8-16-28)34-19-10-9-18-33(34)39(35)27-13-5-3-6-14-27;1-3-13-27(14-4-1)39-34-21-11-12-22-35(34)40(28-15-5-2-6-16-28)38-26-30(23-24-36(38)39)37-25-29-17-7-8-18-31(29)32-19-9-10-20-33(32)37/h3-30H,1-2H3;3-26H,1-2H3;1-26H. The second-order valence-electron chi connectivity index (χ2n) is 36.3.